The second-order valence-electron chi connectivity index (χ2n) is 3.86. The summed E-state index contributed by atoms with van der Waals surface area (Å²) < 4.78 is 3.30. The summed E-state index contributed by atoms with van der Waals surface area (Å²) in [5.74, 6) is 0. The number of fused-ring (bicyclic) bond motifs is 1. The summed E-state index contributed by atoms with van der Waals surface area (Å²) in [7, 11) is 0. The molecule has 0 N–H and O–H groups in total. The minimum atomic E-state index is 0.444. The quantitative estimate of drug-likeness (QED) is 0.757. The van der Waals surface area contributed by atoms with Crippen molar-refractivity contribution < 1.29 is 0 Å². The van der Waals surface area contributed by atoms with Gasteiger partial charge in [-0.3, -0.25) is 0 Å². The van der Waals surface area contributed by atoms with Crippen LogP contribution in [0.5, 0.6) is 0 Å². The molecule has 2 nitrogen and oxygen atoms in total. The maximum Gasteiger partial charge on any atom is 0.141 e. The molecule has 0 spiro atoms. The predicted molar refractivity (Wildman–Crippen MR) is 62.6 cm³/mol. The van der Waals surface area contributed by atoms with Gasteiger partial charge in [-0.05, 0) is 48.3 Å². The van der Waals surface area contributed by atoms with Crippen molar-refractivity contribution in [3.63, 3.8) is 0 Å². The molecular weight excluding hydrogens is 240 g/mol. The van der Waals surface area contributed by atoms with Gasteiger partial charge in [-0.2, -0.15) is 0 Å². The molecule has 2 heterocycles. The standard InChI is InChI=1S/C11H13BrN2/c1-7(2)14-6-10(12)9-4-8(3)5-13-11(9)14/h4-7H,1-3H3. The van der Waals surface area contributed by atoms with E-state index in [1.807, 2.05) is 6.20 Å². The third-order valence-corrected chi connectivity index (χ3v) is 2.95. The number of aromatic nitrogens is 2. The number of nitrogens with zero attached hydrogens (tertiary/aromatic N) is 2. The van der Waals surface area contributed by atoms with Crippen LogP contribution < -0.4 is 0 Å². The van der Waals surface area contributed by atoms with E-state index in [2.05, 4.69) is 58.5 Å². The first-order chi connectivity index (χ1) is 6.59. The Hall–Kier alpha value is -0.830. The van der Waals surface area contributed by atoms with E-state index in [0.717, 1.165) is 10.1 Å². The molecule has 0 aliphatic rings. The first-order valence-corrected chi connectivity index (χ1v) is 5.51. The van der Waals surface area contributed by atoms with Crippen molar-refractivity contribution in [2.75, 3.05) is 0 Å². The molecule has 0 amide bonds. The summed E-state index contributed by atoms with van der Waals surface area (Å²) in [5, 5.41) is 1.19. The number of hydrogen-bond acceptors (Lipinski definition) is 1. The lowest BCUT2D eigenvalue weighted by atomic mass is 10.2. The van der Waals surface area contributed by atoms with Gasteiger partial charge in [0.25, 0.3) is 0 Å². The molecule has 0 aromatic carbocycles. The van der Waals surface area contributed by atoms with E-state index in [1.165, 1.54) is 10.9 Å². The molecule has 74 valence electrons. The molecule has 0 unspecified atom stereocenters. The van der Waals surface area contributed by atoms with Crippen LogP contribution in [0.1, 0.15) is 25.5 Å². The minimum Gasteiger partial charge on any atom is -0.329 e. The van der Waals surface area contributed by atoms with E-state index >= 15 is 0 Å². The molecule has 0 saturated heterocycles. The maximum atomic E-state index is 4.46. The Kier molecular flexibility index (Phi) is 2.35. The highest BCUT2D eigenvalue weighted by molar-refractivity contribution is 9.10. The molecule has 2 aromatic heterocycles. The lowest BCUT2D eigenvalue weighted by Gasteiger charge is -2.07. The van der Waals surface area contributed by atoms with Gasteiger partial charge in [-0.25, -0.2) is 4.98 Å². The molecule has 14 heavy (non-hydrogen) atoms. The monoisotopic (exact) mass is 252 g/mol. The first kappa shape index (κ1) is 9.71. The Morgan fingerprint density at radius 3 is 2.79 bits per heavy atom. The number of hydrogen-bond donors (Lipinski definition) is 0. The van der Waals surface area contributed by atoms with Crippen LogP contribution in [-0.2, 0) is 0 Å². The Balaban J connectivity index is 2.77. The summed E-state index contributed by atoms with van der Waals surface area (Å²) in [4.78, 5) is 4.46. The fourth-order valence-electron chi connectivity index (χ4n) is 1.59. The zero-order valence-corrected chi connectivity index (χ0v) is 10.2. The average Bonchev–Trinajstić information content (AvgIpc) is 2.44. The smallest absolute Gasteiger partial charge is 0.141 e. The van der Waals surface area contributed by atoms with Gasteiger partial charge < -0.3 is 4.57 Å². The van der Waals surface area contributed by atoms with Gasteiger partial charge in [0, 0.05) is 28.3 Å². The number of rotatable bonds is 1. The molecule has 2 aromatic rings. The Bertz CT molecular complexity index is 471. The van der Waals surface area contributed by atoms with Crippen molar-refractivity contribution >= 4 is 27.0 Å². The van der Waals surface area contributed by atoms with Gasteiger partial charge in [0.2, 0.25) is 0 Å². The fourth-order valence-corrected chi connectivity index (χ4v) is 2.10. The van der Waals surface area contributed by atoms with E-state index in [4.69, 9.17) is 0 Å². The van der Waals surface area contributed by atoms with Crippen molar-refractivity contribution in [2.24, 2.45) is 0 Å². The van der Waals surface area contributed by atoms with Gasteiger partial charge in [0.1, 0.15) is 5.65 Å². The molecule has 0 aliphatic heterocycles. The second kappa shape index (κ2) is 3.39. The highest BCUT2D eigenvalue weighted by atomic mass is 79.9. The van der Waals surface area contributed by atoms with Crippen LogP contribution in [0.3, 0.4) is 0 Å². The molecule has 2 rings (SSSR count). The van der Waals surface area contributed by atoms with Crippen molar-refractivity contribution in [2.45, 2.75) is 26.8 Å². The SMILES string of the molecule is Cc1cnc2c(c1)c(Br)cn2C(C)C. The topological polar surface area (TPSA) is 17.8 Å². The molecule has 0 atom stereocenters. The molecular formula is C11H13BrN2. The third kappa shape index (κ3) is 1.46. The van der Waals surface area contributed by atoms with Crippen molar-refractivity contribution in [1.29, 1.82) is 0 Å². The number of aryl methyl sites for hydroxylation is 1. The van der Waals surface area contributed by atoms with Crippen molar-refractivity contribution in [3.05, 3.63) is 28.5 Å². The predicted octanol–water partition coefficient (Wildman–Crippen LogP) is 3.69. The number of halogens is 1. The lowest BCUT2D eigenvalue weighted by molar-refractivity contribution is 0.617. The highest BCUT2D eigenvalue weighted by Gasteiger charge is 2.09. The number of pyridine rings is 1. The zero-order chi connectivity index (χ0) is 10.3. The van der Waals surface area contributed by atoms with Crippen molar-refractivity contribution in [3.8, 4) is 0 Å². The van der Waals surface area contributed by atoms with Crippen LogP contribution in [0.15, 0.2) is 22.9 Å². The van der Waals surface area contributed by atoms with Gasteiger partial charge in [0.15, 0.2) is 0 Å². The van der Waals surface area contributed by atoms with Crippen LogP contribution in [-0.4, -0.2) is 9.55 Å². The average molecular weight is 253 g/mol. The van der Waals surface area contributed by atoms with Crippen LogP contribution in [0, 0.1) is 6.92 Å². The van der Waals surface area contributed by atoms with E-state index in [0.29, 0.717) is 6.04 Å². The van der Waals surface area contributed by atoms with Gasteiger partial charge in [0.05, 0.1) is 0 Å². The summed E-state index contributed by atoms with van der Waals surface area (Å²) in [6, 6.07) is 2.60. The van der Waals surface area contributed by atoms with Crippen LogP contribution in [0.25, 0.3) is 11.0 Å². The molecule has 0 saturated carbocycles. The molecule has 3 heteroatoms. The van der Waals surface area contributed by atoms with E-state index < -0.39 is 0 Å². The van der Waals surface area contributed by atoms with Crippen LogP contribution >= 0.6 is 15.9 Å². The van der Waals surface area contributed by atoms with Gasteiger partial charge >= 0.3 is 0 Å². The summed E-state index contributed by atoms with van der Waals surface area (Å²) in [5.41, 5.74) is 2.25. The molecule has 0 fully saturated rings. The van der Waals surface area contributed by atoms with Gasteiger partial charge in [-0.15, -0.1) is 0 Å². The van der Waals surface area contributed by atoms with Crippen LogP contribution in [0.4, 0.5) is 0 Å². The van der Waals surface area contributed by atoms with Gasteiger partial charge in [-0.1, -0.05) is 0 Å². The van der Waals surface area contributed by atoms with E-state index in [1.54, 1.807) is 0 Å². The first-order valence-electron chi connectivity index (χ1n) is 4.72. The van der Waals surface area contributed by atoms with E-state index in [9.17, 15) is 0 Å². The molecule has 0 radical (unpaired) electrons. The lowest BCUT2D eigenvalue weighted by Crippen LogP contribution is -1.99. The summed E-state index contributed by atoms with van der Waals surface area (Å²) in [6.45, 7) is 6.38. The van der Waals surface area contributed by atoms with Crippen LogP contribution in [0.2, 0.25) is 0 Å². The Morgan fingerprint density at radius 2 is 2.14 bits per heavy atom. The summed E-state index contributed by atoms with van der Waals surface area (Å²) >= 11 is 3.56. The largest absolute Gasteiger partial charge is 0.329 e. The Labute approximate surface area is 92.1 Å². The van der Waals surface area contributed by atoms with Crippen molar-refractivity contribution in [1.82, 2.24) is 9.55 Å². The maximum absolute atomic E-state index is 4.46. The normalized spacial score (nSPS) is 11.5. The Morgan fingerprint density at radius 1 is 1.43 bits per heavy atom. The second-order valence-corrected chi connectivity index (χ2v) is 4.72. The van der Waals surface area contributed by atoms with E-state index in [-0.39, 0.29) is 0 Å². The minimum absolute atomic E-state index is 0.444. The molecule has 0 bridgehead atoms. The summed E-state index contributed by atoms with van der Waals surface area (Å²) in [6.07, 6.45) is 4.01. The third-order valence-electron chi connectivity index (χ3n) is 2.31. The highest BCUT2D eigenvalue weighted by Crippen LogP contribution is 2.27. The molecule has 0 aliphatic carbocycles. The fraction of sp³-hybridized carbons (Fsp3) is 0.364. The zero-order valence-electron chi connectivity index (χ0n) is 8.58.